The molecule has 0 spiro atoms. The number of carboxylic acid groups (broad SMARTS) is 1. The zero-order valence-corrected chi connectivity index (χ0v) is 25.0. The molecular formula is C33H40F3N3O5. The molecule has 44 heavy (non-hydrogen) atoms. The van der Waals surface area contributed by atoms with Crippen LogP contribution in [-0.4, -0.2) is 84.0 Å². The van der Waals surface area contributed by atoms with Gasteiger partial charge in [0.05, 0.1) is 37.4 Å². The molecule has 2 N–H and O–H groups in total. The number of nitrogens with zero attached hydrogens (tertiary/aromatic N) is 3. The average Bonchev–Trinajstić information content (AvgIpc) is 3.01. The number of carboxylic acids is 1. The Kier molecular flexibility index (Phi) is 10.4. The van der Waals surface area contributed by atoms with Crippen LogP contribution >= 0.6 is 0 Å². The van der Waals surface area contributed by atoms with Gasteiger partial charge in [-0.2, -0.15) is 0 Å². The Balaban J connectivity index is 1.25. The number of hydrogen-bond donors (Lipinski definition) is 2. The molecule has 0 radical (unpaired) electrons. The Hall–Kier alpha value is -3.25. The monoisotopic (exact) mass is 615 g/mol. The second kappa shape index (κ2) is 14.2. The van der Waals surface area contributed by atoms with Gasteiger partial charge in [-0.05, 0) is 87.5 Å². The van der Waals surface area contributed by atoms with E-state index in [0.717, 1.165) is 35.1 Å². The third-order valence-corrected chi connectivity index (χ3v) is 9.20. The number of fused-ring (bicyclic) bond motifs is 1. The molecule has 0 saturated carbocycles. The summed E-state index contributed by atoms with van der Waals surface area (Å²) in [6.07, 6.45) is 2.86. The molecule has 2 aliphatic heterocycles. The molecular weight excluding hydrogens is 575 g/mol. The van der Waals surface area contributed by atoms with Crippen LogP contribution < -0.4 is 4.74 Å². The summed E-state index contributed by atoms with van der Waals surface area (Å²) >= 11 is 0. The van der Waals surface area contributed by atoms with Gasteiger partial charge < -0.3 is 24.6 Å². The Morgan fingerprint density at radius 3 is 2.43 bits per heavy atom. The van der Waals surface area contributed by atoms with E-state index in [9.17, 15) is 28.2 Å². The van der Waals surface area contributed by atoms with Crippen molar-refractivity contribution in [2.75, 3.05) is 53.0 Å². The number of hydrogen-bond acceptors (Lipinski definition) is 7. The molecule has 1 atom stereocenters. The van der Waals surface area contributed by atoms with Gasteiger partial charge in [0.2, 0.25) is 0 Å². The highest BCUT2D eigenvalue weighted by atomic mass is 19.1. The third-order valence-electron chi connectivity index (χ3n) is 9.20. The zero-order chi connectivity index (χ0) is 31.3. The molecule has 0 amide bonds. The summed E-state index contributed by atoms with van der Waals surface area (Å²) in [4.78, 5) is 21.6. The molecule has 8 nitrogen and oxygen atoms in total. The number of aliphatic hydroxyl groups excluding tert-OH is 1. The number of halogens is 3. The van der Waals surface area contributed by atoms with Crippen molar-refractivity contribution in [1.29, 1.82) is 0 Å². The molecule has 1 aromatic heterocycles. The number of ether oxygens (including phenoxy) is 2. The van der Waals surface area contributed by atoms with Crippen LogP contribution in [0, 0.1) is 22.9 Å². The highest BCUT2D eigenvalue weighted by molar-refractivity contribution is 5.85. The lowest BCUT2D eigenvalue weighted by Crippen LogP contribution is -2.45. The summed E-state index contributed by atoms with van der Waals surface area (Å²) in [5.41, 5.74) is 1.25. The Morgan fingerprint density at radius 2 is 1.77 bits per heavy atom. The second-order valence-corrected chi connectivity index (χ2v) is 11.9. The lowest BCUT2D eigenvalue weighted by atomic mass is 9.73. The fourth-order valence-electron chi connectivity index (χ4n) is 6.50. The second-order valence-electron chi connectivity index (χ2n) is 11.9. The number of morpholine rings is 1. The topological polar surface area (TPSA) is 95.4 Å². The fourth-order valence-corrected chi connectivity index (χ4v) is 6.50. The van der Waals surface area contributed by atoms with Gasteiger partial charge in [0.15, 0.2) is 0 Å². The molecule has 2 saturated heterocycles. The van der Waals surface area contributed by atoms with Crippen molar-refractivity contribution in [2.24, 2.45) is 5.41 Å². The molecule has 5 rings (SSSR count). The van der Waals surface area contributed by atoms with Crippen LogP contribution in [0.3, 0.4) is 0 Å². The summed E-state index contributed by atoms with van der Waals surface area (Å²) in [5, 5.41) is 22.8. The van der Waals surface area contributed by atoms with Crippen LogP contribution in [-0.2, 0) is 22.5 Å². The fraction of sp³-hybridized carbons (Fsp3) is 0.515. The maximum Gasteiger partial charge on any atom is 0.309 e. The van der Waals surface area contributed by atoms with E-state index in [0.29, 0.717) is 83.0 Å². The molecule has 11 heteroatoms. The molecule has 0 aliphatic carbocycles. The van der Waals surface area contributed by atoms with Crippen LogP contribution in [0.15, 0.2) is 36.5 Å². The first kappa shape index (κ1) is 32.2. The maximum atomic E-state index is 14.0. The molecule has 3 aromatic rings. The molecule has 2 aliphatic rings. The van der Waals surface area contributed by atoms with E-state index in [4.69, 9.17) is 9.47 Å². The van der Waals surface area contributed by atoms with Crippen LogP contribution in [0.5, 0.6) is 5.75 Å². The van der Waals surface area contributed by atoms with Gasteiger partial charge in [-0.3, -0.25) is 14.7 Å². The quantitative estimate of drug-likeness (QED) is 0.291. The van der Waals surface area contributed by atoms with E-state index in [-0.39, 0.29) is 18.4 Å². The van der Waals surface area contributed by atoms with E-state index in [1.165, 1.54) is 0 Å². The van der Waals surface area contributed by atoms with Crippen molar-refractivity contribution in [1.82, 2.24) is 14.8 Å². The van der Waals surface area contributed by atoms with Gasteiger partial charge in [-0.25, -0.2) is 13.2 Å². The van der Waals surface area contributed by atoms with Gasteiger partial charge in [0, 0.05) is 48.9 Å². The van der Waals surface area contributed by atoms with E-state index < -0.39 is 34.9 Å². The van der Waals surface area contributed by atoms with E-state index in [1.54, 1.807) is 13.3 Å². The van der Waals surface area contributed by atoms with Gasteiger partial charge in [0.25, 0.3) is 0 Å². The van der Waals surface area contributed by atoms with Gasteiger partial charge >= 0.3 is 5.97 Å². The number of pyridine rings is 1. The Morgan fingerprint density at radius 1 is 1.07 bits per heavy atom. The number of aliphatic hydroxyl groups is 1. The lowest BCUT2D eigenvalue weighted by molar-refractivity contribution is -0.153. The van der Waals surface area contributed by atoms with Crippen molar-refractivity contribution in [3.05, 3.63) is 70.7 Å². The number of likely N-dealkylation sites (tertiary alicyclic amines) is 1. The van der Waals surface area contributed by atoms with Crippen molar-refractivity contribution >= 4 is 16.9 Å². The van der Waals surface area contributed by atoms with Gasteiger partial charge in [-0.15, -0.1) is 0 Å². The zero-order valence-electron chi connectivity index (χ0n) is 25.0. The van der Waals surface area contributed by atoms with Crippen LogP contribution in [0.4, 0.5) is 13.2 Å². The van der Waals surface area contributed by atoms with Gasteiger partial charge in [-0.1, -0.05) is 0 Å². The van der Waals surface area contributed by atoms with Gasteiger partial charge in [0.1, 0.15) is 23.2 Å². The molecule has 0 unspecified atom stereocenters. The smallest absolute Gasteiger partial charge is 0.309 e. The van der Waals surface area contributed by atoms with Crippen molar-refractivity contribution < 1.29 is 37.7 Å². The number of methoxy groups -OCH3 is 1. The van der Waals surface area contributed by atoms with E-state index >= 15 is 0 Å². The summed E-state index contributed by atoms with van der Waals surface area (Å²) in [6.45, 7) is 5.03. The highest BCUT2D eigenvalue weighted by Gasteiger charge is 2.41. The summed E-state index contributed by atoms with van der Waals surface area (Å²) in [5.74, 6) is -2.96. The van der Waals surface area contributed by atoms with Crippen LogP contribution in [0.2, 0.25) is 0 Å². The predicted octanol–water partition coefficient (Wildman–Crippen LogP) is 5.11. The summed E-state index contributed by atoms with van der Waals surface area (Å²) in [7, 11) is 1.59. The minimum atomic E-state index is -0.989. The van der Waals surface area contributed by atoms with E-state index in [2.05, 4.69) is 14.8 Å². The van der Waals surface area contributed by atoms with Crippen LogP contribution in [0.1, 0.15) is 54.9 Å². The summed E-state index contributed by atoms with van der Waals surface area (Å²) < 4.78 is 52.2. The van der Waals surface area contributed by atoms with Crippen LogP contribution in [0.25, 0.3) is 10.9 Å². The predicted molar refractivity (Wildman–Crippen MR) is 159 cm³/mol. The minimum Gasteiger partial charge on any atom is -0.497 e. The first-order valence-electron chi connectivity index (χ1n) is 15.2. The molecule has 2 aromatic carbocycles. The normalized spacial score (nSPS) is 18.4. The standard InChI is InChI=1S/C33H40F3N3O5/c1-43-24-4-5-29-26(19-24)31(22(20-37-29)21-39-13-15-44-16-14-39)30(40)6-7-33(32(41)42)8-11-38(12-9-33)10-2-3-25-27(35)17-23(34)18-28(25)36/h4-5,17-20,30,40H,2-3,6-16,21H2,1H3,(H,41,42)/t30-/m1/s1. The number of aliphatic carboxylic acids is 1. The first-order chi connectivity index (χ1) is 21.2. The van der Waals surface area contributed by atoms with E-state index in [1.807, 2.05) is 18.2 Å². The number of carbonyl (C=O) groups is 1. The van der Waals surface area contributed by atoms with Crippen molar-refractivity contribution in [2.45, 2.75) is 51.2 Å². The molecule has 0 bridgehead atoms. The highest BCUT2D eigenvalue weighted by Crippen LogP contribution is 2.40. The Labute approximate surface area is 255 Å². The Bertz CT molecular complexity index is 1440. The average molecular weight is 616 g/mol. The number of benzene rings is 2. The number of piperidine rings is 1. The largest absolute Gasteiger partial charge is 0.497 e. The first-order valence-corrected chi connectivity index (χ1v) is 15.2. The number of aromatic nitrogens is 1. The summed E-state index contributed by atoms with van der Waals surface area (Å²) in [6, 6.07) is 6.93. The SMILES string of the molecule is COc1ccc2ncc(CN3CCOCC3)c([C@H](O)CCC3(C(=O)O)CCN(CCCc4c(F)cc(F)cc4F)CC3)c2c1. The minimum absolute atomic E-state index is 0.127. The lowest BCUT2D eigenvalue weighted by Gasteiger charge is -2.39. The third kappa shape index (κ3) is 7.34. The molecule has 3 heterocycles. The van der Waals surface area contributed by atoms with Crippen molar-refractivity contribution in [3.63, 3.8) is 0 Å². The molecule has 238 valence electrons. The molecule has 2 fully saturated rings. The van der Waals surface area contributed by atoms with Crippen molar-refractivity contribution in [3.8, 4) is 5.75 Å². The number of rotatable bonds is 12. The maximum absolute atomic E-state index is 14.0.